The molecule has 0 saturated heterocycles. The van der Waals surface area contributed by atoms with Crippen molar-refractivity contribution in [3.63, 3.8) is 0 Å². The van der Waals surface area contributed by atoms with E-state index in [1.165, 1.54) is 0 Å². The fourth-order valence-corrected chi connectivity index (χ4v) is 2.24. The Kier molecular flexibility index (Phi) is 4.53. The van der Waals surface area contributed by atoms with E-state index in [4.69, 9.17) is 4.74 Å². The molecule has 1 aromatic heterocycles. The molecule has 2 aromatic rings. The molecule has 106 valence electrons. The molecule has 0 aliphatic carbocycles. The number of aromatic nitrogens is 1. The quantitative estimate of drug-likeness (QED) is 0.600. The predicted molar refractivity (Wildman–Crippen MR) is 76.7 cm³/mol. The maximum absolute atomic E-state index is 10.7. The van der Waals surface area contributed by atoms with Crippen molar-refractivity contribution in [3.8, 4) is 0 Å². The number of nitro benzene ring substituents is 1. The fourth-order valence-electron chi connectivity index (χ4n) is 2.24. The molecule has 0 saturated carbocycles. The Morgan fingerprint density at radius 1 is 1.25 bits per heavy atom. The van der Waals surface area contributed by atoms with Crippen molar-refractivity contribution in [2.75, 3.05) is 7.11 Å². The molecule has 0 amide bonds. The van der Waals surface area contributed by atoms with Gasteiger partial charge in [0.15, 0.2) is 0 Å². The maximum Gasteiger partial charge on any atom is 0.269 e. The van der Waals surface area contributed by atoms with Crippen LogP contribution in [-0.2, 0) is 11.2 Å². The molecule has 1 heterocycles. The highest BCUT2D eigenvalue weighted by Crippen LogP contribution is 2.22. The molecule has 0 radical (unpaired) electrons. The van der Waals surface area contributed by atoms with E-state index < -0.39 is 0 Å². The number of benzene rings is 1. The van der Waals surface area contributed by atoms with Gasteiger partial charge in [-0.05, 0) is 31.0 Å². The van der Waals surface area contributed by atoms with Crippen LogP contribution in [0.5, 0.6) is 0 Å². The average Bonchev–Trinajstić information content (AvgIpc) is 2.98. The summed E-state index contributed by atoms with van der Waals surface area (Å²) in [6.45, 7) is 2.02. The molecule has 0 spiro atoms. The first-order valence-electron chi connectivity index (χ1n) is 6.50. The van der Waals surface area contributed by atoms with Gasteiger partial charge in [0.2, 0.25) is 0 Å². The number of methoxy groups -OCH3 is 1. The number of hydrogen-bond acceptors (Lipinski definition) is 3. The number of nitrogens with zero attached hydrogens (tertiary/aromatic N) is 2. The van der Waals surface area contributed by atoms with E-state index >= 15 is 0 Å². The van der Waals surface area contributed by atoms with Crippen LogP contribution < -0.4 is 0 Å². The highest BCUT2D eigenvalue weighted by molar-refractivity contribution is 5.33. The summed E-state index contributed by atoms with van der Waals surface area (Å²) in [5.41, 5.74) is 1.17. The molecule has 1 aromatic carbocycles. The minimum atomic E-state index is -0.384. The topological polar surface area (TPSA) is 57.3 Å². The molecule has 0 fully saturated rings. The van der Waals surface area contributed by atoms with Gasteiger partial charge in [-0.25, -0.2) is 0 Å². The standard InChI is InChI=1S/C15H18N2O3/c1-12(20-2)15(16-9-3-4-10-16)11-13-5-7-14(8-6-13)17(18)19/h3-10,12,15H,11H2,1-2H3. The van der Waals surface area contributed by atoms with E-state index in [2.05, 4.69) is 4.57 Å². The minimum absolute atomic E-state index is 0.0533. The molecule has 5 heteroatoms. The SMILES string of the molecule is COC(C)C(Cc1ccc([N+](=O)[O-])cc1)n1cccc1. The zero-order valence-corrected chi connectivity index (χ0v) is 11.6. The van der Waals surface area contributed by atoms with Gasteiger partial charge < -0.3 is 9.30 Å². The highest BCUT2D eigenvalue weighted by atomic mass is 16.6. The maximum atomic E-state index is 10.7. The third kappa shape index (κ3) is 3.24. The summed E-state index contributed by atoms with van der Waals surface area (Å²) >= 11 is 0. The third-order valence-electron chi connectivity index (χ3n) is 3.52. The summed E-state index contributed by atoms with van der Waals surface area (Å²) in [7, 11) is 1.69. The Morgan fingerprint density at radius 3 is 2.35 bits per heavy atom. The molecular formula is C15H18N2O3. The van der Waals surface area contributed by atoms with Crippen LogP contribution in [0.4, 0.5) is 5.69 Å². The summed E-state index contributed by atoms with van der Waals surface area (Å²) in [4.78, 5) is 10.3. The zero-order chi connectivity index (χ0) is 14.5. The lowest BCUT2D eigenvalue weighted by Gasteiger charge is -2.24. The second-order valence-corrected chi connectivity index (χ2v) is 4.77. The van der Waals surface area contributed by atoms with Crippen LogP contribution in [0.1, 0.15) is 18.5 Å². The largest absolute Gasteiger partial charge is 0.380 e. The van der Waals surface area contributed by atoms with Gasteiger partial charge >= 0.3 is 0 Å². The molecule has 2 unspecified atom stereocenters. The smallest absolute Gasteiger partial charge is 0.269 e. The number of rotatable bonds is 6. The van der Waals surface area contributed by atoms with Crippen molar-refractivity contribution >= 4 is 5.69 Å². The molecule has 2 atom stereocenters. The van der Waals surface area contributed by atoms with Gasteiger partial charge in [0.25, 0.3) is 5.69 Å². The molecule has 5 nitrogen and oxygen atoms in total. The Balaban J connectivity index is 2.17. The number of ether oxygens (including phenoxy) is 1. The zero-order valence-electron chi connectivity index (χ0n) is 11.6. The summed E-state index contributed by atoms with van der Waals surface area (Å²) in [6, 6.07) is 10.8. The normalized spacial score (nSPS) is 13.9. The highest BCUT2D eigenvalue weighted by Gasteiger charge is 2.19. The lowest BCUT2D eigenvalue weighted by Crippen LogP contribution is -2.24. The number of hydrogen-bond donors (Lipinski definition) is 0. The molecule has 0 bridgehead atoms. The molecule has 2 rings (SSSR count). The van der Waals surface area contributed by atoms with Crippen molar-refractivity contribution in [1.82, 2.24) is 4.57 Å². The van der Waals surface area contributed by atoms with Crippen molar-refractivity contribution in [1.29, 1.82) is 0 Å². The van der Waals surface area contributed by atoms with E-state index in [1.807, 2.05) is 31.5 Å². The molecular weight excluding hydrogens is 256 g/mol. The van der Waals surface area contributed by atoms with Crippen LogP contribution in [0.2, 0.25) is 0 Å². The monoisotopic (exact) mass is 274 g/mol. The molecule has 0 aliphatic heterocycles. The first kappa shape index (κ1) is 14.3. The van der Waals surface area contributed by atoms with Crippen LogP contribution in [0, 0.1) is 10.1 Å². The van der Waals surface area contributed by atoms with Crippen molar-refractivity contribution in [2.45, 2.75) is 25.5 Å². The van der Waals surface area contributed by atoms with Gasteiger partial charge in [0.1, 0.15) is 0 Å². The second kappa shape index (κ2) is 6.34. The van der Waals surface area contributed by atoms with Crippen molar-refractivity contribution < 1.29 is 9.66 Å². The predicted octanol–water partition coefficient (Wildman–Crippen LogP) is 3.22. The minimum Gasteiger partial charge on any atom is -0.380 e. The van der Waals surface area contributed by atoms with Gasteiger partial charge in [-0.2, -0.15) is 0 Å². The number of nitro groups is 1. The van der Waals surface area contributed by atoms with E-state index in [1.54, 1.807) is 31.4 Å². The summed E-state index contributed by atoms with van der Waals surface area (Å²) in [5, 5.41) is 10.7. The lowest BCUT2D eigenvalue weighted by molar-refractivity contribution is -0.384. The summed E-state index contributed by atoms with van der Waals surface area (Å²) in [6.07, 6.45) is 4.83. The molecule has 20 heavy (non-hydrogen) atoms. The number of non-ortho nitro benzene ring substituents is 1. The van der Waals surface area contributed by atoms with Gasteiger partial charge in [-0.15, -0.1) is 0 Å². The first-order valence-corrected chi connectivity index (χ1v) is 6.50. The Hall–Kier alpha value is -2.14. The van der Waals surface area contributed by atoms with Crippen LogP contribution in [0.3, 0.4) is 0 Å². The summed E-state index contributed by atoms with van der Waals surface area (Å²) < 4.78 is 7.55. The van der Waals surface area contributed by atoms with Gasteiger partial charge in [0.05, 0.1) is 17.1 Å². The second-order valence-electron chi connectivity index (χ2n) is 4.77. The molecule has 0 N–H and O–H groups in total. The molecule has 0 aliphatic rings. The van der Waals surface area contributed by atoms with E-state index in [9.17, 15) is 10.1 Å². The first-order chi connectivity index (χ1) is 9.61. The Bertz CT molecular complexity index is 549. The van der Waals surface area contributed by atoms with Crippen LogP contribution >= 0.6 is 0 Å². The summed E-state index contributed by atoms with van der Waals surface area (Å²) in [5.74, 6) is 0. The van der Waals surface area contributed by atoms with Crippen LogP contribution in [-0.4, -0.2) is 22.7 Å². The Morgan fingerprint density at radius 2 is 1.85 bits per heavy atom. The van der Waals surface area contributed by atoms with Crippen molar-refractivity contribution in [2.24, 2.45) is 0 Å². The van der Waals surface area contributed by atoms with Gasteiger partial charge in [-0.3, -0.25) is 10.1 Å². The van der Waals surface area contributed by atoms with Crippen LogP contribution in [0.25, 0.3) is 0 Å². The average molecular weight is 274 g/mol. The van der Waals surface area contributed by atoms with E-state index in [-0.39, 0.29) is 22.8 Å². The van der Waals surface area contributed by atoms with E-state index in [0.29, 0.717) is 0 Å². The van der Waals surface area contributed by atoms with Crippen molar-refractivity contribution in [3.05, 3.63) is 64.5 Å². The van der Waals surface area contributed by atoms with Crippen LogP contribution in [0.15, 0.2) is 48.8 Å². The van der Waals surface area contributed by atoms with E-state index in [0.717, 1.165) is 12.0 Å². The third-order valence-corrected chi connectivity index (χ3v) is 3.52. The van der Waals surface area contributed by atoms with Gasteiger partial charge in [0, 0.05) is 31.6 Å². The lowest BCUT2D eigenvalue weighted by atomic mass is 10.0. The van der Waals surface area contributed by atoms with Gasteiger partial charge in [-0.1, -0.05) is 12.1 Å². The fraction of sp³-hybridized carbons (Fsp3) is 0.333. The Labute approximate surface area is 117 Å².